The van der Waals surface area contributed by atoms with Crippen molar-refractivity contribution in [2.75, 3.05) is 19.8 Å². The fraction of sp³-hybridized carbons (Fsp3) is 1.00. The quantitative estimate of drug-likeness (QED) is 0.224. The first-order chi connectivity index (χ1) is 10.7. The van der Waals surface area contributed by atoms with Crippen molar-refractivity contribution < 1.29 is 14.2 Å². The van der Waals surface area contributed by atoms with Crippen LogP contribution in [0.1, 0.15) is 85.0 Å². The van der Waals surface area contributed by atoms with Crippen molar-refractivity contribution in [1.29, 1.82) is 0 Å². The zero-order valence-electron chi connectivity index (χ0n) is 15.6. The molecule has 0 aromatic heterocycles. The van der Waals surface area contributed by atoms with Crippen LogP contribution in [0.25, 0.3) is 0 Å². The van der Waals surface area contributed by atoms with E-state index in [4.69, 9.17) is 14.2 Å². The van der Waals surface area contributed by atoms with E-state index in [2.05, 4.69) is 20.8 Å². The Morgan fingerprint density at radius 1 is 0.636 bits per heavy atom. The van der Waals surface area contributed by atoms with Gasteiger partial charge in [0.2, 0.25) is 0 Å². The van der Waals surface area contributed by atoms with Crippen molar-refractivity contribution >= 4 is 10.2 Å². The highest BCUT2D eigenvalue weighted by atomic mass is 28.1. The fourth-order valence-corrected chi connectivity index (χ4v) is 2.73. The Hall–Kier alpha value is 0.0969. The van der Waals surface area contributed by atoms with Gasteiger partial charge < -0.3 is 14.2 Å². The molecule has 0 saturated carbocycles. The average Bonchev–Trinajstić information content (AvgIpc) is 2.52. The van der Waals surface area contributed by atoms with E-state index in [1.807, 2.05) is 0 Å². The van der Waals surface area contributed by atoms with Crippen LogP contribution in [-0.4, -0.2) is 36.0 Å². The Morgan fingerprint density at radius 2 is 1.09 bits per heavy atom. The lowest BCUT2D eigenvalue weighted by molar-refractivity contribution is -0.384. The molecule has 0 aliphatic heterocycles. The molecule has 22 heavy (non-hydrogen) atoms. The molecule has 3 nitrogen and oxygen atoms in total. The van der Waals surface area contributed by atoms with E-state index < -0.39 is 5.97 Å². The second-order valence-electron chi connectivity index (χ2n) is 6.10. The molecule has 0 heterocycles. The van der Waals surface area contributed by atoms with Crippen molar-refractivity contribution in [3.63, 3.8) is 0 Å². The summed E-state index contributed by atoms with van der Waals surface area (Å²) in [6.45, 7) is 8.75. The molecule has 0 atom stereocenters. The Morgan fingerprint density at radius 3 is 1.45 bits per heavy atom. The molecule has 0 unspecified atom stereocenters. The summed E-state index contributed by atoms with van der Waals surface area (Å²) in [5.74, 6) is -0.787. The molecule has 0 fully saturated rings. The van der Waals surface area contributed by atoms with Crippen molar-refractivity contribution in [2.24, 2.45) is 0 Å². The zero-order chi connectivity index (χ0) is 16.5. The molecule has 0 N–H and O–H groups in total. The standard InChI is InChI=1S/C18H40O3Si/c1-4-7-14-19-18(20-15-8-5-2,21-16-9-6-3)13-11-10-12-17-22/h4-17H2,1-3,22H3. The van der Waals surface area contributed by atoms with Crippen molar-refractivity contribution in [3.8, 4) is 0 Å². The highest BCUT2D eigenvalue weighted by Gasteiger charge is 2.32. The second-order valence-corrected chi connectivity index (χ2v) is 7.10. The molecule has 0 aliphatic carbocycles. The van der Waals surface area contributed by atoms with Crippen LogP contribution in [0.15, 0.2) is 0 Å². The van der Waals surface area contributed by atoms with Crippen LogP contribution in [0.3, 0.4) is 0 Å². The molecule has 0 radical (unpaired) electrons. The summed E-state index contributed by atoms with van der Waals surface area (Å²) in [5.41, 5.74) is 0. The first-order valence-electron chi connectivity index (χ1n) is 9.66. The summed E-state index contributed by atoms with van der Waals surface area (Å²) in [4.78, 5) is 0. The summed E-state index contributed by atoms with van der Waals surface area (Å²) in [5, 5.41) is 0. The van der Waals surface area contributed by atoms with Crippen LogP contribution in [0.5, 0.6) is 0 Å². The van der Waals surface area contributed by atoms with Gasteiger partial charge in [0.15, 0.2) is 0 Å². The minimum Gasteiger partial charge on any atom is -0.327 e. The van der Waals surface area contributed by atoms with Gasteiger partial charge >= 0.3 is 0 Å². The minimum atomic E-state index is -0.787. The van der Waals surface area contributed by atoms with Crippen LogP contribution in [0.2, 0.25) is 6.04 Å². The first-order valence-corrected chi connectivity index (χ1v) is 11.1. The lowest BCUT2D eigenvalue weighted by Gasteiger charge is -2.33. The van der Waals surface area contributed by atoms with Gasteiger partial charge in [0.1, 0.15) is 0 Å². The molecule has 0 amide bonds. The van der Waals surface area contributed by atoms with Crippen LogP contribution in [-0.2, 0) is 14.2 Å². The summed E-state index contributed by atoms with van der Waals surface area (Å²) in [6, 6.07) is 1.39. The third-order valence-electron chi connectivity index (χ3n) is 3.80. The van der Waals surface area contributed by atoms with E-state index in [0.29, 0.717) is 0 Å². The topological polar surface area (TPSA) is 27.7 Å². The van der Waals surface area contributed by atoms with Gasteiger partial charge in [-0.05, 0) is 25.7 Å². The van der Waals surface area contributed by atoms with Crippen molar-refractivity contribution in [3.05, 3.63) is 0 Å². The summed E-state index contributed by atoms with van der Waals surface area (Å²) < 4.78 is 18.3. The van der Waals surface area contributed by atoms with E-state index in [-0.39, 0.29) is 0 Å². The van der Waals surface area contributed by atoms with E-state index in [1.54, 1.807) is 0 Å². The Bertz CT molecular complexity index is 198. The first kappa shape index (κ1) is 22.1. The van der Waals surface area contributed by atoms with Gasteiger partial charge in [-0.3, -0.25) is 0 Å². The van der Waals surface area contributed by atoms with Gasteiger partial charge in [-0.1, -0.05) is 58.9 Å². The number of hydrogen-bond acceptors (Lipinski definition) is 3. The van der Waals surface area contributed by atoms with Gasteiger partial charge in [-0.25, -0.2) is 0 Å². The summed E-state index contributed by atoms with van der Waals surface area (Å²) in [6.07, 6.45) is 11.2. The Balaban J connectivity index is 4.53. The molecule has 0 spiro atoms. The largest absolute Gasteiger partial charge is 0.327 e. The predicted octanol–water partition coefficient (Wildman–Crippen LogP) is 4.43. The molecular formula is C18H40O3Si. The smallest absolute Gasteiger partial charge is 0.282 e. The van der Waals surface area contributed by atoms with Gasteiger partial charge in [-0.2, -0.15) is 0 Å². The SMILES string of the molecule is CCCCOC(CCCCC[SiH3])(OCCCC)OCCCC. The maximum absolute atomic E-state index is 6.11. The number of hydrogen-bond donors (Lipinski definition) is 0. The maximum Gasteiger partial charge on any atom is 0.282 e. The van der Waals surface area contributed by atoms with Crippen LogP contribution in [0.4, 0.5) is 0 Å². The van der Waals surface area contributed by atoms with Crippen LogP contribution in [0, 0.1) is 0 Å². The molecule has 134 valence electrons. The van der Waals surface area contributed by atoms with Crippen molar-refractivity contribution in [2.45, 2.75) is 97.0 Å². The van der Waals surface area contributed by atoms with E-state index in [0.717, 1.165) is 71.2 Å². The van der Waals surface area contributed by atoms with E-state index in [1.165, 1.54) is 29.1 Å². The lowest BCUT2D eigenvalue weighted by atomic mass is 10.2. The van der Waals surface area contributed by atoms with Crippen LogP contribution >= 0.6 is 0 Å². The molecule has 0 aromatic rings. The van der Waals surface area contributed by atoms with Crippen molar-refractivity contribution in [1.82, 2.24) is 0 Å². The Labute approximate surface area is 141 Å². The molecule has 4 heteroatoms. The number of ether oxygens (including phenoxy) is 3. The summed E-state index contributed by atoms with van der Waals surface area (Å²) in [7, 11) is 1.31. The minimum absolute atomic E-state index is 0.732. The summed E-state index contributed by atoms with van der Waals surface area (Å²) >= 11 is 0. The van der Waals surface area contributed by atoms with Gasteiger partial charge in [-0.15, -0.1) is 0 Å². The van der Waals surface area contributed by atoms with Crippen LogP contribution < -0.4 is 0 Å². The average molecular weight is 333 g/mol. The number of unbranched alkanes of at least 4 members (excludes halogenated alkanes) is 5. The molecule has 0 aliphatic rings. The molecule has 0 bridgehead atoms. The normalized spacial score (nSPS) is 12.1. The monoisotopic (exact) mass is 332 g/mol. The zero-order valence-corrected chi connectivity index (χ0v) is 17.6. The predicted molar refractivity (Wildman–Crippen MR) is 98.5 cm³/mol. The maximum atomic E-state index is 6.11. The molecule has 0 rings (SSSR count). The highest BCUT2D eigenvalue weighted by Crippen LogP contribution is 2.25. The third-order valence-corrected chi connectivity index (χ3v) is 4.50. The highest BCUT2D eigenvalue weighted by molar-refractivity contribution is 6.08. The van der Waals surface area contributed by atoms with Gasteiger partial charge in [0, 0.05) is 16.7 Å². The second kappa shape index (κ2) is 16.0. The van der Waals surface area contributed by atoms with E-state index >= 15 is 0 Å². The molecule has 0 saturated heterocycles. The van der Waals surface area contributed by atoms with E-state index in [9.17, 15) is 0 Å². The van der Waals surface area contributed by atoms with Gasteiger partial charge in [0.25, 0.3) is 5.97 Å². The molecular weight excluding hydrogens is 292 g/mol. The Kier molecular flexibility index (Phi) is 16.0. The fourth-order valence-electron chi connectivity index (χ4n) is 2.23. The molecule has 0 aromatic carbocycles. The van der Waals surface area contributed by atoms with Gasteiger partial charge in [0.05, 0.1) is 19.8 Å². The number of rotatable bonds is 17. The lowest BCUT2D eigenvalue weighted by Crippen LogP contribution is -2.40. The third kappa shape index (κ3) is 11.6.